The van der Waals surface area contributed by atoms with Crippen molar-refractivity contribution in [2.75, 3.05) is 6.54 Å². The van der Waals surface area contributed by atoms with Crippen molar-refractivity contribution in [1.29, 1.82) is 0 Å². The fourth-order valence-corrected chi connectivity index (χ4v) is 2.72. The molecule has 2 heterocycles. The third-order valence-corrected chi connectivity index (χ3v) is 4.09. The highest BCUT2D eigenvalue weighted by Crippen LogP contribution is 2.39. The van der Waals surface area contributed by atoms with Crippen LogP contribution in [-0.4, -0.2) is 23.7 Å². The summed E-state index contributed by atoms with van der Waals surface area (Å²) in [6.07, 6.45) is -5.59. The molecule has 1 aliphatic heterocycles. The van der Waals surface area contributed by atoms with Gasteiger partial charge in [0.1, 0.15) is 24.2 Å². The average molecular weight is 366 g/mol. The van der Waals surface area contributed by atoms with E-state index in [2.05, 4.69) is 10.3 Å². The number of nitrogens with one attached hydrogen (secondary N) is 1. The quantitative estimate of drug-likeness (QED) is 0.892. The Kier molecular flexibility index (Phi) is 5.01. The van der Waals surface area contributed by atoms with Crippen LogP contribution >= 0.6 is 0 Å². The lowest BCUT2D eigenvalue weighted by molar-refractivity contribution is -0.141. The number of hydrogen-bond donors (Lipinski definition) is 1. The second-order valence-electron chi connectivity index (χ2n) is 5.95. The van der Waals surface area contributed by atoms with Gasteiger partial charge in [-0.25, -0.2) is 9.78 Å². The van der Waals surface area contributed by atoms with Gasteiger partial charge in [-0.2, -0.15) is 13.2 Å². The number of alkyl halides is 3. The number of benzene rings is 1. The standard InChI is InChI=1S/C18H17F3N2O3/c1-11-13(9-22-17(24)25-10-12-5-3-2-4-6-12)16-14(26-11)7-8-15(23-16)18(19,20)21/h2-8,11,13H,9-10H2,1H3,(H,22,24)/t11-,13-/m1/s1. The Morgan fingerprint density at radius 3 is 2.65 bits per heavy atom. The van der Waals surface area contributed by atoms with Crippen LogP contribution in [0.4, 0.5) is 18.0 Å². The van der Waals surface area contributed by atoms with Gasteiger partial charge < -0.3 is 14.8 Å². The molecule has 0 saturated carbocycles. The number of nitrogens with zero attached hydrogens (tertiary/aromatic N) is 1. The number of halogens is 3. The minimum absolute atomic E-state index is 0.0656. The van der Waals surface area contributed by atoms with Crippen molar-refractivity contribution in [1.82, 2.24) is 10.3 Å². The van der Waals surface area contributed by atoms with Crippen molar-refractivity contribution >= 4 is 6.09 Å². The van der Waals surface area contributed by atoms with E-state index >= 15 is 0 Å². The number of aromatic nitrogens is 1. The Hall–Kier alpha value is -2.77. The van der Waals surface area contributed by atoms with Gasteiger partial charge in [0, 0.05) is 6.54 Å². The van der Waals surface area contributed by atoms with Gasteiger partial charge in [-0.1, -0.05) is 30.3 Å². The molecule has 5 nitrogen and oxygen atoms in total. The number of fused-ring (bicyclic) bond motifs is 1. The molecule has 1 N–H and O–H groups in total. The van der Waals surface area contributed by atoms with Crippen LogP contribution in [0.3, 0.4) is 0 Å². The van der Waals surface area contributed by atoms with E-state index in [1.165, 1.54) is 6.07 Å². The van der Waals surface area contributed by atoms with E-state index in [1.54, 1.807) is 6.92 Å². The molecule has 8 heteroatoms. The Morgan fingerprint density at radius 1 is 1.23 bits per heavy atom. The molecule has 0 saturated heterocycles. The van der Waals surface area contributed by atoms with Crippen molar-refractivity contribution in [3.8, 4) is 5.75 Å². The van der Waals surface area contributed by atoms with E-state index in [0.717, 1.165) is 11.6 Å². The molecule has 3 rings (SSSR count). The first-order valence-corrected chi connectivity index (χ1v) is 8.04. The highest BCUT2D eigenvalue weighted by atomic mass is 19.4. The predicted molar refractivity (Wildman–Crippen MR) is 86.7 cm³/mol. The van der Waals surface area contributed by atoms with Gasteiger partial charge in [0.2, 0.25) is 0 Å². The molecular formula is C18H17F3N2O3. The van der Waals surface area contributed by atoms with Crippen molar-refractivity contribution in [3.63, 3.8) is 0 Å². The zero-order chi connectivity index (χ0) is 18.7. The maximum Gasteiger partial charge on any atom is 0.433 e. The Balaban J connectivity index is 1.61. The maximum absolute atomic E-state index is 12.9. The number of ether oxygens (including phenoxy) is 2. The number of pyridine rings is 1. The van der Waals surface area contributed by atoms with Crippen LogP contribution in [0.25, 0.3) is 0 Å². The molecule has 1 amide bonds. The summed E-state index contributed by atoms with van der Waals surface area (Å²) >= 11 is 0. The minimum atomic E-state index is -4.53. The van der Waals surface area contributed by atoms with E-state index < -0.39 is 30.0 Å². The summed E-state index contributed by atoms with van der Waals surface area (Å²) in [5.74, 6) is -0.188. The molecule has 138 valence electrons. The number of alkyl carbamates (subject to hydrolysis) is 1. The van der Waals surface area contributed by atoms with Crippen LogP contribution < -0.4 is 10.1 Å². The molecule has 1 aromatic heterocycles. The fraction of sp³-hybridized carbons (Fsp3) is 0.333. The molecular weight excluding hydrogens is 349 g/mol. The second kappa shape index (κ2) is 7.23. The van der Waals surface area contributed by atoms with Crippen molar-refractivity contribution < 1.29 is 27.4 Å². The van der Waals surface area contributed by atoms with E-state index in [1.807, 2.05) is 30.3 Å². The molecule has 0 fully saturated rings. The highest BCUT2D eigenvalue weighted by molar-refractivity contribution is 5.67. The average Bonchev–Trinajstić information content (AvgIpc) is 2.92. The predicted octanol–water partition coefficient (Wildman–Crippen LogP) is 3.89. The highest BCUT2D eigenvalue weighted by Gasteiger charge is 2.38. The van der Waals surface area contributed by atoms with Crippen LogP contribution in [0.15, 0.2) is 42.5 Å². The largest absolute Gasteiger partial charge is 0.488 e. The van der Waals surface area contributed by atoms with Gasteiger partial charge in [0.25, 0.3) is 0 Å². The van der Waals surface area contributed by atoms with E-state index in [9.17, 15) is 18.0 Å². The summed E-state index contributed by atoms with van der Waals surface area (Å²) in [7, 11) is 0. The molecule has 1 aliphatic rings. The van der Waals surface area contributed by atoms with Gasteiger partial charge in [0.05, 0.1) is 11.6 Å². The van der Waals surface area contributed by atoms with E-state index in [4.69, 9.17) is 9.47 Å². The van der Waals surface area contributed by atoms with Crippen LogP contribution in [0, 0.1) is 0 Å². The Labute approximate surface area is 148 Å². The first-order chi connectivity index (χ1) is 12.3. The SMILES string of the molecule is C[C@H]1Oc2ccc(C(F)(F)F)nc2[C@@H]1CNC(=O)OCc1ccccc1. The second-order valence-corrected chi connectivity index (χ2v) is 5.95. The monoisotopic (exact) mass is 366 g/mol. The van der Waals surface area contributed by atoms with Gasteiger partial charge in [-0.3, -0.25) is 0 Å². The summed E-state index contributed by atoms with van der Waals surface area (Å²) < 4.78 is 49.2. The first kappa shape index (κ1) is 18.0. The number of rotatable bonds is 4. The zero-order valence-corrected chi connectivity index (χ0v) is 13.9. The summed E-state index contributed by atoms with van der Waals surface area (Å²) in [5, 5.41) is 2.56. The lowest BCUT2D eigenvalue weighted by Gasteiger charge is -2.15. The van der Waals surface area contributed by atoms with E-state index in [-0.39, 0.29) is 18.8 Å². The minimum Gasteiger partial charge on any atom is -0.488 e. The van der Waals surface area contributed by atoms with Crippen LogP contribution in [0.5, 0.6) is 5.75 Å². The number of amides is 1. The number of carbonyl (C=O) groups excluding carboxylic acids is 1. The van der Waals surface area contributed by atoms with E-state index in [0.29, 0.717) is 5.75 Å². The molecule has 0 unspecified atom stereocenters. The van der Waals surface area contributed by atoms with Crippen molar-refractivity contribution in [3.05, 3.63) is 59.4 Å². The summed E-state index contributed by atoms with van der Waals surface area (Å²) in [6.45, 7) is 1.89. The Morgan fingerprint density at radius 2 is 1.96 bits per heavy atom. The van der Waals surface area contributed by atoms with Gasteiger partial charge in [-0.05, 0) is 24.6 Å². The van der Waals surface area contributed by atoms with Crippen LogP contribution in [0.1, 0.15) is 29.8 Å². The Bertz CT molecular complexity index is 781. The summed E-state index contributed by atoms with van der Waals surface area (Å²) in [6, 6.07) is 11.3. The smallest absolute Gasteiger partial charge is 0.433 e. The van der Waals surface area contributed by atoms with Gasteiger partial charge >= 0.3 is 12.3 Å². The van der Waals surface area contributed by atoms with Gasteiger partial charge in [-0.15, -0.1) is 0 Å². The lowest BCUT2D eigenvalue weighted by Crippen LogP contribution is -2.32. The molecule has 2 aromatic rings. The topological polar surface area (TPSA) is 60.5 Å². The molecule has 26 heavy (non-hydrogen) atoms. The van der Waals surface area contributed by atoms with Gasteiger partial charge in [0.15, 0.2) is 0 Å². The van der Waals surface area contributed by atoms with Crippen molar-refractivity contribution in [2.24, 2.45) is 0 Å². The molecule has 0 radical (unpaired) electrons. The fourth-order valence-electron chi connectivity index (χ4n) is 2.72. The lowest BCUT2D eigenvalue weighted by atomic mass is 10.0. The molecule has 2 atom stereocenters. The normalized spacial score (nSPS) is 18.8. The zero-order valence-electron chi connectivity index (χ0n) is 13.9. The molecule has 0 spiro atoms. The first-order valence-electron chi connectivity index (χ1n) is 8.04. The van der Waals surface area contributed by atoms with Crippen LogP contribution in [-0.2, 0) is 17.5 Å². The maximum atomic E-state index is 12.9. The van der Waals surface area contributed by atoms with Crippen molar-refractivity contribution in [2.45, 2.75) is 31.7 Å². The third-order valence-electron chi connectivity index (χ3n) is 4.09. The summed E-state index contributed by atoms with van der Waals surface area (Å²) in [4.78, 5) is 15.5. The summed E-state index contributed by atoms with van der Waals surface area (Å²) in [5.41, 5.74) is 0.0448. The molecule has 0 aliphatic carbocycles. The third kappa shape index (κ3) is 4.07. The number of carbonyl (C=O) groups is 1. The number of hydrogen-bond acceptors (Lipinski definition) is 4. The molecule has 1 aromatic carbocycles. The van der Waals surface area contributed by atoms with Crippen LogP contribution in [0.2, 0.25) is 0 Å². The molecule has 0 bridgehead atoms.